The molecule has 27 heavy (non-hydrogen) atoms. The summed E-state index contributed by atoms with van der Waals surface area (Å²) in [6.07, 6.45) is 3.25. The Hall–Kier alpha value is -1.60. The van der Waals surface area contributed by atoms with Crippen LogP contribution < -0.4 is 0 Å². The zero-order valence-corrected chi connectivity index (χ0v) is 17.5. The summed E-state index contributed by atoms with van der Waals surface area (Å²) in [5, 5.41) is 0. The molecule has 0 radical (unpaired) electrons. The lowest BCUT2D eigenvalue weighted by molar-refractivity contribution is 0.0758. The van der Waals surface area contributed by atoms with Crippen molar-refractivity contribution in [2.75, 3.05) is 32.5 Å². The first-order chi connectivity index (χ1) is 12.7. The van der Waals surface area contributed by atoms with Crippen LogP contribution in [0.25, 0.3) is 0 Å². The van der Waals surface area contributed by atoms with Crippen molar-refractivity contribution in [3.05, 3.63) is 34.9 Å². The van der Waals surface area contributed by atoms with Crippen LogP contribution in [0, 0.1) is 6.92 Å². The van der Waals surface area contributed by atoms with Gasteiger partial charge < -0.3 is 9.64 Å². The smallest absolute Gasteiger partial charge is 0.409 e. The van der Waals surface area contributed by atoms with Crippen molar-refractivity contribution in [1.29, 1.82) is 0 Å². The van der Waals surface area contributed by atoms with Crippen LogP contribution in [-0.4, -0.2) is 56.2 Å². The quantitative estimate of drug-likeness (QED) is 0.789. The maximum absolute atomic E-state index is 12.6. The van der Waals surface area contributed by atoms with Crippen molar-refractivity contribution >= 4 is 16.1 Å². The van der Waals surface area contributed by atoms with Gasteiger partial charge in [-0.15, -0.1) is 0 Å². The zero-order chi connectivity index (χ0) is 19.8. The van der Waals surface area contributed by atoms with Gasteiger partial charge in [0.1, 0.15) is 0 Å². The maximum atomic E-state index is 12.6. The van der Waals surface area contributed by atoms with E-state index in [1.807, 2.05) is 13.8 Å². The van der Waals surface area contributed by atoms with Gasteiger partial charge in [0.05, 0.1) is 12.9 Å². The molecule has 0 aromatic heterocycles. The van der Waals surface area contributed by atoms with Crippen LogP contribution in [0.15, 0.2) is 18.2 Å². The number of benzene rings is 1. The van der Waals surface area contributed by atoms with Gasteiger partial charge >= 0.3 is 6.09 Å². The third-order valence-electron chi connectivity index (χ3n) is 6.00. The molecule has 1 unspecified atom stereocenters. The molecule has 1 aromatic carbocycles. The number of amides is 1. The van der Waals surface area contributed by atoms with E-state index in [1.165, 1.54) is 11.8 Å². The van der Waals surface area contributed by atoms with Crippen molar-refractivity contribution in [2.24, 2.45) is 0 Å². The fraction of sp³-hybridized carbons (Fsp3) is 0.650. The number of aryl methyl sites for hydroxylation is 1. The van der Waals surface area contributed by atoms with Gasteiger partial charge in [-0.05, 0) is 44.2 Å². The number of piperidine rings is 1. The minimum Gasteiger partial charge on any atom is -0.450 e. The molecule has 1 atom stereocenters. The summed E-state index contributed by atoms with van der Waals surface area (Å²) in [4.78, 5) is 13.8. The lowest BCUT2D eigenvalue weighted by Crippen LogP contribution is -2.55. The number of hydrogen-bond acceptors (Lipinski definition) is 4. The van der Waals surface area contributed by atoms with Crippen LogP contribution in [0.5, 0.6) is 0 Å². The molecule has 7 heteroatoms. The molecule has 6 nitrogen and oxygen atoms in total. The van der Waals surface area contributed by atoms with E-state index in [0.717, 1.165) is 30.4 Å². The second-order valence-electron chi connectivity index (χ2n) is 7.79. The molecule has 0 bridgehead atoms. The number of fused-ring (bicyclic) bond motifs is 2. The van der Waals surface area contributed by atoms with Crippen molar-refractivity contribution in [3.63, 3.8) is 0 Å². The number of ether oxygens (including phenoxy) is 1. The molecule has 1 saturated heterocycles. The molecule has 0 saturated carbocycles. The second-order valence-corrected chi connectivity index (χ2v) is 9.72. The summed E-state index contributed by atoms with van der Waals surface area (Å²) < 4.78 is 32.0. The summed E-state index contributed by atoms with van der Waals surface area (Å²) in [5.74, 6) is 0. The summed E-state index contributed by atoms with van der Waals surface area (Å²) in [5.41, 5.74) is 3.27. The number of carbonyl (C=O) groups is 1. The molecule has 1 aromatic rings. The van der Waals surface area contributed by atoms with Crippen LogP contribution in [0.1, 0.15) is 55.8 Å². The average Bonchev–Trinajstić information content (AvgIpc) is 2.61. The minimum absolute atomic E-state index is 0.122. The van der Waals surface area contributed by atoms with Gasteiger partial charge in [-0.25, -0.2) is 13.2 Å². The first-order valence-corrected chi connectivity index (χ1v) is 11.6. The minimum atomic E-state index is -3.33. The molecule has 3 rings (SSSR count). The van der Waals surface area contributed by atoms with E-state index in [1.54, 1.807) is 16.1 Å². The van der Waals surface area contributed by atoms with Crippen LogP contribution in [-0.2, 0) is 20.2 Å². The molecular formula is C20H30N2O4S. The Balaban J connectivity index is 2.00. The van der Waals surface area contributed by atoms with Crippen LogP contribution >= 0.6 is 0 Å². The van der Waals surface area contributed by atoms with Gasteiger partial charge in [-0.1, -0.05) is 30.7 Å². The fourth-order valence-corrected chi connectivity index (χ4v) is 5.83. The van der Waals surface area contributed by atoms with Gasteiger partial charge in [-0.2, -0.15) is 4.31 Å². The topological polar surface area (TPSA) is 66.9 Å². The monoisotopic (exact) mass is 394 g/mol. The first-order valence-electron chi connectivity index (χ1n) is 9.71. The molecule has 2 aliphatic rings. The van der Waals surface area contributed by atoms with Crippen LogP contribution in [0.2, 0.25) is 0 Å². The molecule has 0 aliphatic carbocycles. The molecule has 1 spiro atoms. The summed E-state index contributed by atoms with van der Waals surface area (Å²) in [6, 6.07) is 6.30. The van der Waals surface area contributed by atoms with E-state index in [0.29, 0.717) is 26.2 Å². The van der Waals surface area contributed by atoms with E-state index < -0.39 is 10.0 Å². The van der Waals surface area contributed by atoms with E-state index >= 15 is 0 Å². The lowest BCUT2D eigenvalue weighted by Gasteiger charge is -2.50. The van der Waals surface area contributed by atoms with Crippen molar-refractivity contribution in [1.82, 2.24) is 9.21 Å². The Morgan fingerprint density at radius 2 is 1.93 bits per heavy atom. The highest BCUT2D eigenvalue weighted by molar-refractivity contribution is 7.88. The van der Waals surface area contributed by atoms with Crippen molar-refractivity contribution in [3.8, 4) is 0 Å². The van der Waals surface area contributed by atoms with E-state index in [2.05, 4.69) is 18.2 Å². The second kappa shape index (κ2) is 7.43. The summed E-state index contributed by atoms with van der Waals surface area (Å²) in [6.45, 7) is 7.90. The van der Waals surface area contributed by atoms with Gasteiger partial charge in [0, 0.05) is 31.1 Å². The highest BCUT2D eigenvalue weighted by atomic mass is 32.2. The van der Waals surface area contributed by atoms with E-state index in [9.17, 15) is 13.2 Å². The average molecular weight is 395 g/mol. The Morgan fingerprint density at radius 3 is 2.48 bits per heavy atom. The van der Waals surface area contributed by atoms with E-state index in [-0.39, 0.29) is 17.6 Å². The van der Waals surface area contributed by atoms with E-state index in [4.69, 9.17) is 4.74 Å². The number of likely N-dealkylation sites (tertiary alicyclic amines) is 1. The Kier molecular flexibility index (Phi) is 5.54. The third-order valence-corrected chi connectivity index (χ3v) is 7.24. The number of nitrogens with zero attached hydrogens (tertiary/aromatic N) is 2. The summed E-state index contributed by atoms with van der Waals surface area (Å²) >= 11 is 0. The molecule has 0 N–H and O–H groups in total. The van der Waals surface area contributed by atoms with Crippen LogP contribution in [0.4, 0.5) is 4.79 Å². The Bertz CT molecular complexity index is 813. The third kappa shape index (κ3) is 3.72. The zero-order valence-electron chi connectivity index (χ0n) is 16.7. The maximum Gasteiger partial charge on any atom is 0.409 e. The first kappa shape index (κ1) is 20.1. The molecule has 1 amide bonds. The lowest BCUT2D eigenvalue weighted by atomic mass is 9.67. The molecule has 2 aliphatic heterocycles. The standard InChI is InChI=1S/C20H30N2O4S/c1-5-18-16-13-15(3)7-8-17(16)20(14-22(18)27(4,24)25)9-11-21(12-10-20)19(23)26-6-2/h7-8,13,18H,5-6,9-12,14H2,1-4H3. The van der Waals surface area contributed by atoms with Crippen LogP contribution in [0.3, 0.4) is 0 Å². The molecular weight excluding hydrogens is 364 g/mol. The summed E-state index contributed by atoms with van der Waals surface area (Å²) in [7, 11) is -3.33. The highest BCUT2D eigenvalue weighted by Gasteiger charge is 2.47. The van der Waals surface area contributed by atoms with Crippen molar-refractivity contribution in [2.45, 2.75) is 51.5 Å². The molecule has 150 valence electrons. The largest absolute Gasteiger partial charge is 0.450 e. The number of carbonyl (C=O) groups excluding carboxylic acids is 1. The van der Waals surface area contributed by atoms with Gasteiger partial charge in [0.2, 0.25) is 10.0 Å². The van der Waals surface area contributed by atoms with Gasteiger partial charge in [-0.3, -0.25) is 0 Å². The predicted molar refractivity (Wildman–Crippen MR) is 105 cm³/mol. The van der Waals surface area contributed by atoms with Gasteiger partial charge in [0.25, 0.3) is 0 Å². The predicted octanol–water partition coefficient (Wildman–Crippen LogP) is 3.21. The highest BCUT2D eigenvalue weighted by Crippen LogP contribution is 2.47. The number of hydrogen-bond donors (Lipinski definition) is 0. The SMILES string of the molecule is CCOC(=O)N1CCC2(CC1)CN(S(C)(=O)=O)C(CC)c1cc(C)ccc12. The number of rotatable bonds is 3. The van der Waals surface area contributed by atoms with Gasteiger partial charge in [0.15, 0.2) is 0 Å². The normalized spacial score (nSPS) is 22.5. The molecule has 2 heterocycles. The Morgan fingerprint density at radius 1 is 1.26 bits per heavy atom. The van der Waals surface area contributed by atoms with Crippen molar-refractivity contribution < 1.29 is 17.9 Å². The fourth-order valence-electron chi connectivity index (χ4n) is 4.62. The molecule has 1 fully saturated rings. The Labute approximate surface area is 162 Å². The number of sulfonamides is 1.